The molecule has 2 aromatic rings. The van der Waals surface area contributed by atoms with Crippen LogP contribution in [0.2, 0.25) is 0 Å². The molecule has 9 nitrogen and oxygen atoms in total. The number of benzene rings is 2. The molecule has 2 unspecified atom stereocenters. The molecule has 2 aliphatic heterocycles. The third-order valence-corrected chi connectivity index (χ3v) is 5.26. The molecular formula is C22H22BrN7O2. The van der Waals surface area contributed by atoms with Crippen molar-refractivity contribution in [3.8, 4) is 0 Å². The average molecular weight is 496 g/mol. The van der Waals surface area contributed by atoms with Crippen LogP contribution in [0.4, 0.5) is 17.1 Å². The number of anilines is 3. The summed E-state index contributed by atoms with van der Waals surface area (Å²) in [5.74, 6) is 0.170. The normalized spacial score (nSPS) is 17.5. The minimum atomic E-state index is -0.604. The highest BCUT2D eigenvalue weighted by Crippen LogP contribution is 2.25. The van der Waals surface area contributed by atoms with Gasteiger partial charge >= 0.3 is 0 Å². The highest BCUT2D eigenvalue weighted by atomic mass is 79.9. The number of hydrogen-bond acceptors (Lipinski definition) is 7. The number of carbonyl (C=O) groups excluding carboxylic acids is 2. The Balaban J connectivity index is 1.45. The largest absolute Gasteiger partial charge is 0.355 e. The third-order valence-electron chi connectivity index (χ3n) is 4.77. The van der Waals surface area contributed by atoms with Gasteiger partial charge in [0, 0.05) is 27.1 Å². The van der Waals surface area contributed by atoms with Crippen molar-refractivity contribution < 1.29 is 9.59 Å². The number of nitrogens with one attached hydrogen (secondary N) is 5. The van der Waals surface area contributed by atoms with Crippen molar-refractivity contribution in [1.82, 2.24) is 10.6 Å². The number of nitrogens with two attached hydrogens (primary N) is 1. The van der Waals surface area contributed by atoms with Crippen molar-refractivity contribution >= 4 is 51.1 Å². The molecule has 0 saturated heterocycles. The van der Waals surface area contributed by atoms with Crippen molar-refractivity contribution in [1.29, 1.82) is 0 Å². The fourth-order valence-electron chi connectivity index (χ4n) is 3.13. The second kappa shape index (κ2) is 9.25. The fourth-order valence-corrected chi connectivity index (χ4v) is 3.53. The minimum absolute atomic E-state index is 0.278. The van der Waals surface area contributed by atoms with Gasteiger partial charge in [0.15, 0.2) is 0 Å². The van der Waals surface area contributed by atoms with E-state index in [4.69, 9.17) is 5.73 Å². The second-order valence-corrected chi connectivity index (χ2v) is 8.22. The summed E-state index contributed by atoms with van der Waals surface area (Å²) in [5.41, 5.74) is 8.86. The molecule has 0 fully saturated rings. The summed E-state index contributed by atoms with van der Waals surface area (Å²) in [7, 11) is 0. The van der Waals surface area contributed by atoms with Gasteiger partial charge in [-0.3, -0.25) is 9.59 Å². The SMILES string of the molecule is CC(N)C(=O)Nc1ccc(NC(=O)C2=CC3=C(Nc4cccc(Br)c4)NC=NC3N2)cc1. The lowest BCUT2D eigenvalue weighted by Gasteiger charge is -2.20. The quantitative estimate of drug-likeness (QED) is 0.364. The van der Waals surface area contributed by atoms with E-state index < -0.39 is 6.04 Å². The van der Waals surface area contributed by atoms with Gasteiger partial charge in [0.05, 0.1) is 12.4 Å². The van der Waals surface area contributed by atoms with Crippen molar-refractivity contribution in [2.24, 2.45) is 10.7 Å². The molecule has 0 aliphatic carbocycles. The van der Waals surface area contributed by atoms with Crippen LogP contribution in [0, 0.1) is 0 Å². The molecule has 0 saturated carbocycles. The Morgan fingerprint density at radius 2 is 1.81 bits per heavy atom. The van der Waals surface area contributed by atoms with Crippen molar-refractivity contribution in [2.45, 2.75) is 19.1 Å². The Labute approximate surface area is 193 Å². The molecule has 2 atom stereocenters. The van der Waals surface area contributed by atoms with Gasteiger partial charge in [0.1, 0.15) is 17.7 Å². The molecule has 2 amide bonds. The van der Waals surface area contributed by atoms with E-state index in [-0.39, 0.29) is 18.0 Å². The zero-order chi connectivity index (χ0) is 22.7. The van der Waals surface area contributed by atoms with Crippen molar-refractivity contribution in [3.05, 3.63) is 76.2 Å². The van der Waals surface area contributed by atoms with Gasteiger partial charge in [-0.05, 0) is 55.5 Å². The number of nitrogens with zero attached hydrogens (tertiary/aromatic N) is 1. The first-order valence-electron chi connectivity index (χ1n) is 9.90. The van der Waals surface area contributed by atoms with Crippen LogP contribution in [0.1, 0.15) is 6.92 Å². The van der Waals surface area contributed by atoms with E-state index in [2.05, 4.69) is 47.5 Å². The van der Waals surface area contributed by atoms with E-state index in [0.717, 1.165) is 21.6 Å². The molecule has 0 aromatic heterocycles. The topological polar surface area (TPSA) is 133 Å². The van der Waals surface area contributed by atoms with Crippen molar-refractivity contribution in [3.63, 3.8) is 0 Å². The van der Waals surface area contributed by atoms with Crippen LogP contribution in [0.5, 0.6) is 0 Å². The molecular weight excluding hydrogens is 474 g/mol. The summed E-state index contributed by atoms with van der Waals surface area (Å²) >= 11 is 3.46. The van der Waals surface area contributed by atoms with E-state index in [1.54, 1.807) is 43.6 Å². The van der Waals surface area contributed by atoms with Crippen LogP contribution in [-0.2, 0) is 9.59 Å². The molecule has 0 spiro atoms. The van der Waals surface area contributed by atoms with E-state index in [0.29, 0.717) is 17.1 Å². The summed E-state index contributed by atoms with van der Waals surface area (Å²) in [4.78, 5) is 28.8. The monoisotopic (exact) mass is 495 g/mol. The highest BCUT2D eigenvalue weighted by Gasteiger charge is 2.29. The van der Waals surface area contributed by atoms with Crippen LogP contribution in [0.3, 0.4) is 0 Å². The number of aliphatic imine (C=N–C) groups is 1. The van der Waals surface area contributed by atoms with E-state index >= 15 is 0 Å². The lowest BCUT2D eigenvalue weighted by Crippen LogP contribution is -2.34. The smallest absolute Gasteiger partial charge is 0.271 e. The number of fused-ring (bicyclic) bond motifs is 1. The van der Waals surface area contributed by atoms with Gasteiger partial charge in [-0.15, -0.1) is 0 Å². The lowest BCUT2D eigenvalue weighted by atomic mass is 10.2. The zero-order valence-electron chi connectivity index (χ0n) is 17.1. The predicted molar refractivity (Wildman–Crippen MR) is 129 cm³/mol. The first-order chi connectivity index (χ1) is 15.4. The Morgan fingerprint density at radius 3 is 2.50 bits per heavy atom. The Morgan fingerprint density at radius 1 is 1.09 bits per heavy atom. The van der Waals surface area contributed by atoms with E-state index in [9.17, 15) is 9.59 Å². The molecule has 0 bridgehead atoms. The summed E-state index contributed by atoms with van der Waals surface area (Å²) in [6.07, 6.45) is 2.99. The molecule has 2 aliphatic rings. The molecule has 2 aromatic carbocycles. The van der Waals surface area contributed by atoms with Crippen LogP contribution < -0.4 is 32.3 Å². The van der Waals surface area contributed by atoms with Gasteiger partial charge in [0.25, 0.3) is 5.91 Å². The number of halogens is 1. The Bertz CT molecular complexity index is 1140. The molecule has 32 heavy (non-hydrogen) atoms. The molecule has 10 heteroatoms. The molecule has 0 radical (unpaired) electrons. The Kier molecular flexibility index (Phi) is 6.24. The third kappa shape index (κ3) is 4.98. The summed E-state index contributed by atoms with van der Waals surface area (Å²) in [6, 6.07) is 14.0. The van der Waals surface area contributed by atoms with Crippen LogP contribution in [0.25, 0.3) is 0 Å². The first-order valence-corrected chi connectivity index (χ1v) is 10.7. The number of rotatable bonds is 6. The Hall–Kier alpha value is -3.63. The first kappa shape index (κ1) is 21.6. The fraction of sp³-hybridized carbons (Fsp3) is 0.136. The molecule has 2 heterocycles. The van der Waals surface area contributed by atoms with Crippen LogP contribution in [-0.4, -0.2) is 30.4 Å². The standard InChI is InChI=1S/C22H22BrN7O2/c1-12(24)21(31)28-14-5-7-15(8-6-14)29-22(32)18-10-17-19(25-11-26-20(17)30-18)27-16-4-2-3-13(23)9-16/h2-12,20,27,30H,24H2,1H3,(H,25,26)(H,28,31)(H,29,32). The van der Waals surface area contributed by atoms with Gasteiger partial charge in [-0.2, -0.15) is 0 Å². The number of amides is 2. The summed E-state index contributed by atoms with van der Waals surface area (Å²) in [5, 5.41) is 15.1. The molecule has 7 N–H and O–H groups in total. The maximum absolute atomic E-state index is 12.8. The van der Waals surface area contributed by atoms with E-state index in [1.165, 1.54) is 0 Å². The molecule has 164 valence electrons. The number of carbonyl (C=O) groups is 2. The van der Waals surface area contributed by atoms with Gasteiger partial charge in [-0.25, -0.2) is 4.99 Å². The van der Waals surface area contributed by atoms with E-state index in [1.807, 2.05) is 24.3 Å². The summed E-state index contributed by atoms with van der Waals surface area (Å²) in [6.45, 7) is 1.61. The van der Waals surface area contributed by atoms with Crippen LogP contribution in [0.15, 0.2) is 81.2 Å². The minimum Gasteiger partial charge on any atom is -0.355 e. The molecule has 4 rings (SSSR count). The predicted octanol–water partition coefficient (Wildman–Crippen LogP) is 2.44. The maximum atomic E-state index is 12.8. The van der Waals surface area contributed by atoms with Crippen molar-refractivity contribution in [2.75, 3.05) is 16.0 Å². The van der Waals surface area contributed by atoms with Gasteiger partial charge < -0.3 is 32.3 Å². The average Bonchev–Trinajstić information content (AvgIpc) is 3.21. The lowest BCUT2D eigenvalue weighted by molar-refractivity contribution is -0.117. The highest BCUT2D eigenvalue weighted by molar-refractivity contribution is 9.10. The van der Waals surface area contributed by atoms with Gasteiger partial charge in [-0.1, -0.05) is 22.0 Å². The number of hydrogen-bond donors (Lipinski definition) is 6. The van der Waals surface area contributed by atoms with Crippen LogP contribution >= 0.6 is 15.9 Å². The van der Waals surface area contributed by atoms with Gasteiger partial charge in [0.2, 0.25) is 5.91 Å². The second-order valence-electron chi connectivity index (χ2n) is 7.30. The zero-order valence-corrected chi connectivity index (χ0v) is 18.7. The maximum Gasteiger partial charge on any atom is 0.271 e. The summed E-state index contributed by atoms with van der Waals surface area (Å²) < 4.78 is 0.956.